The summed E-state index contributed by atoms with van der Waals surface area (Å²) in [6.45, 7) is 3.03. The zero-order chi connectivity index (χ0) is 11.2. The lowest BCUT2D eigenvalue weighted by Gasteiger charge is -2.22. The second kappa shape index (κ2) is 5.42. The minimum absolute atomic E-state index is 0.402. The van der Waals surface area contributed by atoms with E-state index in [9.17, 15) is 0 Å². The van der Waals surface area contributed by atoms with Gasteiger partial charge in [0.2, 0.25) is 5.95 Å². The average Bonchev–Trinajstić information content (AvgIpc) is 2.38. The highest BCUT2D eigenvalue weighted by molar-refractivity contribution is 5.29. The second-order valence-electron chi connectivity index (χ2n) is 3.97. The monoisotopic (exact) mass is 217 g/mol. The van der Waals surface area contributed by atoms with Gasteiger partial charge in [0.05, 0.1) is 0 Å². The Morgan fingerprint density at radius 3 is 3.31 bits per heavy atom. The van der Waals surface area contributed by atoms with Gasteiger partial charge in [-0.2, -0.15) is 5.26 Å². The van der Waals surface area contributed by atoms with E-state index in [0.717, 1.165) is 19.6 Å². The molecule has 2 rings (SSSR count). The fraction of sp³-hybridized carbons (Fsp3) is 0.545. The molecule has 0 amide bonds. The normalized spacial score (nSPS) is 20.1. The van der Waals surface area contributed by atoms with Crippen LogP contribution in [0.4, 0.5) is 5.95 Å². The van der Waals surface area contributed by atoms with Gasteiger partial charge in [-0.15, -0.1) is 0 Å². The summed E-state index contributed by atoms with van der Waals surface area (Å²) >= 11 is 0. The third-order valence-electron chi connectivity index (χ3n) is 2.72. The van der Waals surface area contributed by atoms with Gasteiger partial charge in [0, 0.05) is 12.7 Å². The third-order valence-corrected chi connectivity index (χ3v) is 2.72. The maximum atomic E-state index is 8.70. The Kier molecular flexibility index (Phi) is 3.67. The molecule has 2 N–H and O–H groups in total. The van der Waals surface area contributed by atoms with E-state index in [4.69, 9.17) is 5.26 Å². The molecule has 1 atom stereocenters. The minimum Gasteiger partial charge on any atom is -0.354 e. The smallest absolute Gasteiger partial charge is 0.223 e. The van der Waals surface area contributed by atoms with Crippen LogP contribution in [0, 0.1) is 17.2 Å². The first-order chi connectivity index (χ1) is 7.88. The van der Waals surface area contributed by atoms with Crippen LogP contribution in [0.25, 0.3) is 0 Å². The van der Waals surface area contributed by atoms with Crippen LogP contribution in [0.2, 0.25) is 0 Å². The highest BCUT2D eigenvalue weighted by Gasteiger charge is 2.12. The van der Waals surface area contributed by atoms with E-state index < -0.39 is 0 Å². The predicted octanol–water partition coefficient (Wildman–Crippen LogP) is 0.760. The predicted molar refractivity (Wildman–Crippen MR) is 60.8 cm³/mol. The molecule has 1 aromatic rings. The number of piperidine rings is 1. The van der Waals surface area contributed by atoms with Gasteiger partial charge in [-0.05, 0) is 37.9 Å². The molecule has 5 nitrogen and oxygen atoms in total. The number of anilines is 1. The number of nitrogens with one attached hydrogen (secondary N) is 2. The van der Waals surface area contributed by atoms with E-state index in [-0.39, 0.29) is 0 Å². The first-order valence-corrected chi connectivity index (χ1v) is 5.56. The maximum absolute atomic E-state index is 8.70. The zero-order valence-corrected chi connectivity index (χ0v) is 9.11. The van der Waals surface area contributed by atoms with Crippen molar-refractivity contribution in [2.75, 3.05) is 25.0 Å². The van der Waals surface area contributed by atoms with Gasteiger partial charge in [0.25, 0.3) is 0 Å². The number of rotatable bonds is 3. The Bertz CT molecular complexity index is 378. The van der Waals surface area contributed by atoms with E-state index >= 15 is 0 Å². The van der Waals surface area contributed by atoms with Crippen LogP contribution in [0.5, 0.6) is 0 Å². The summed E-state index contributed by atoms with van der Waals surface area (Å²) in [6, 6.07) is 3.61. The van der Waals surface area contributed by atoms with Crippen molar-refractivity contribution < 1.29 is 0 Å². The van der Waals surface area contributed by atoms with Crippen LogP contribution in [0.3, 0.4) is 0 Å². The molecule has 0 spiro atoms. The van der Waals surface area contributed by atoms with Crippen molar-refractivity contribution in [2.45, 2.75) is 12.8 Å². The molecule has 1 aliphatic rings. The van der Waals surface area contributed by atoms with Crippen molar-refractivity contribution >= 4 is 5.95 Å². The summed E-state index contributed by atoms with van der Waals surface area (Å²) in [7, 11) is 0. The van der Waals surface area contributed by atoms with E-state index in [1.807, 2.05) is 6.07 Å². The van der Waals surface area contributed by atoms with Crippen molar-refractivity contribution in [3.05, 3.63) is 18.0 Å². The van der Waals surface area contributed by atoms with Gasteiger partial charge < -0.3 is 10.6 Å². The van der Waals surface area contributed by atoms with Crippen molar-refractivity contribution in [2.24, 2.45) is 5.92 Å². The van der Waals surface area contributed by atoms with Gasteiger partial charge >= 0.3 is 0 Å². The lowest BCUT2D eigenvalue weighted by atomic mass is 10.00. The van der Waals surface area contributed by atoms with Crippen LogP contribution < -0.4 is 10.6 Å². The Balaban J connectivity index is 1.86. The Morgan fingerprint density at radius 1 is 1.62 bits per heavy atom. The maximum Gasteiger partial charge on any atom is 0.223 e. The Morgan fingerprint density at radius 2 is 2.56 bits per heavy atom. The average molecular weight is 217 g/mol. The van der Waals surface area contributed by atoms with Crippen LogP contribution in [0.15, 0.2) is 12.3 Å². The molecule has 1 aliphatic heterocycles. The largest absolute Gasteiger partial charge is 0.354 e. The lowest BCUT2D eigenvalue weighted by molar-refractivity contribution is 0.392. The van der Waals surface area contributed by atoms with Gasteiger partial charge in [-0.25, -0.2) is 9.97 Å². The van der Waals surface area contributed by atoms with Crippen molar-refractivity contribution in [3.63, 3.8) is 0 Å². The number of hydrogen-bond acceptors (Lipinski definition) is 5. The number of hydrogen-bond donors (Lipinski definition) is 2. The molecule has 1 fully saturated rings. The van der Waals surface area contributed by atoms with E-state index in [0.29, 0.717) is 17.6 Å². The highest BCUT2D eigenvalue weighted by atomic mass is 15.1. The molecule has 84 valence electrons. The summed E-state index contributed by atoms with van der Waals surface area (Å²) in [5.41, 5.74) is 0.402. The molecular weight excluding hydrogens is 202 g/mol. The number of nitrogens with zero attached hydrogens (tertiary/aromatic N) is 3. The molecule has 1 unspecified atom stereocenters. The summed E-state index contributed by atoms with van der Waals surface area (Å²) in [5.74, 6) is 1.17. The molecule has 0 aliphatic carbocycles. The quantitative estimate of drug-likeness (QED) is 0.782. The lowest BCUT2D eigenvalue weighted by Crippen LogP contribution is -2.33. The molecule has 1 saturated heterocycles. The standard InChI is InChI=1S/C11H15N5/c12-6-10-3-5-14-11(16-10)15-8-9-2-1-4-13-7-9/h3,5,9,13H,1-2,4,7-8H2,(H,14,15,16). The topological polar surface area (TPSA) is 73.6 Å². The molecule has 5 heteroatoms. The SMILES string of the molecule is N#Cc1ccnc(NCC2CCCNC2)n1. The molecule has 1 aromatic heterocycles. The van der Waals surface area contributed by atoms with Crippen LogP contribution >= 0.6 is 0 Å². The van der Waals surface area contributed by atoms with Crippen LogP contribution in [0.1, 0.15) is 18.5 Å². The summed E-state index contributed by atoms with van der Waals surface area (Å²) < 4.78 is 0. The fourth-order valence-electron chi connectivity index (χ4n) is 1.84. The first kappa shape index (κ1) is 10.8. The van der Waals surface area contributed by atoms with Crippen LogP contribution in [-0.2, 0) is 0 Å². The fourth-order valence-corrected chi connectivity index (χ4v) is 1.84. The molecule has 0 bridgehead atoms. The molecule has 2 heterocycles. The van der Waals surface area contributed by atoms with Crippen LogP contribution in [-0.4, -0.2) is 29.6 Å². The summed E-state index contributed by atoms with van der Waals surface area (Å²) in [5, 5.41) is 15.2. The number of nitriles is 1. The first-order valence-electron chi connectivity index (χ1n) is 5.56. The molecule has 0 radical (unpaired) electrons. The van der Waals surface area contributed by atoms with E-state index in [1.54, 1.807) is 12.3 Å². The van der Waals surface area contributed by atoms with Crippen molar-refractivity contribution in [3.8, 4) is 6.07 Å². The molecule has 16 heavy (non-hydrogen) atoms. The van der Waals surface area contributed by atoms with Gasteiger partial charge in [-0.1, -0.05) is 0 Å². The van der Waals surface area contributed by atoms with Gasteiger partial charge in [0.1, 0.15) is 11.8 Å². The minimum atomic E-state index is 0.402. The molecular formula is C11H15N5. The van der Waals surface area contributed by atoms with E-state index in [2.05, 4.69) is 20.6 Å². The second-order valence-corrected chi connectivity index (χ2v) is 3.97. The summed E-state index contributed by atoms with van der Waals surface area (Å²) in [4.78, 5) is 8.15. The van der Waals surface area contributed by atoms with Crippen molar-refractivity contribution in [1.82, 2.24) is 15.3 Å². The zero-order valence-electron chi connectivity index (χ0n) is 9.11. The van der Waals surface area contributed by atoms with E-state index in [1.165, 1.54) is 12.8 Å². The molecule has 0 aromatic carbocycles. The Hall–Kier alpha value is -1.67. The highest BCUT2D eigenvalue weighted by Crippen LogP contribution is 2.10. The van der Waals surface area contributed by atoms with Gasteiger partial charge in [0.15, 0.2) is 0 Å². The molecule has 0 saturated carbocycles. The summed E-state index contributed by atoms with van der Waals surface area (Å²) in [6.07, 6.45) is 4.07. The Labute approximate surface area is 94.9 Å². The third kappa shape index (κ3) is 2.91. The van der Waals surface area contributed by atoms with Gasteiger partial charge in [-0.3, -0.25) is 0 Å². The number of aromatic nitrogens is 2. The van der Waals surface area contributed by atoms with Crippen molar-refractivity contribution in [1.29, 1.82) is 5.26 Å².